The van der Waals surface area contributed by atoms with Crippen LogP contribution < -0.4 is 21.1 Å². The Kier molecular flexibility index (Phi) is 8.84. The van der Waals surface area contributed by atoms with Gasteiger partial charge in [-0.3, -0.25) is 20.0 Å². The Labute approximate surface area is 165 Å². The van der Waals surface area contributed by atoms with Gasteiger partial charge in [-0.25, -0.2) is 0 Å². The first kappa shape index (κ1) is 23.4. The van der Waals surface area contributed by atoms with E-state index in [0.717, 1.165) is 11.4 Å². The highest BCUT2D eigenvalue weighted by molar-refractivity contribution is 5.92. The second kappa shape index (κ2) is 10.6. The molecule has 0 unspecified atom stereocenters. The average Bonchev–Trinajstić information content (AvgIpc) is 2.60. The Balaban J connectivity index is 2.75. The molecule has 28 heavy (non-hydrogen) atoms. The quantitative estimate of drug-likeness (QED) is 0.248. The molecule has 0 bridgehead atoms. The number of nitrogens with two attached hydrogens (primary N) is 1. The van der Waals surface area contributed by atoms with Crippen molar-refractivity contribution in [3.63, 3.8) is 0 Å². The number of nitrogens with one attached hydrogen (secondary N) is 3. The van der Waals surface area contributed by atoms with Gasteiger partial charge in [0.05, 0.1) is 6.04 Å². The van der Waals surface area contributed by atoms with Crippen LogP contribution in [0.5, 0.6) is 5.75 Å². The SMILES string of the molecule is COC(C)(C)C(=O)N[C@@H](CCCNC(=N)N)C(=O)COc1cc(C)nc(C)c1. The van der Waals surface area contributed by atoms with Gasteiger partial charge >= 0.3 is 0 Å². The number of carbonyl (C=O) groups is 2. The summed E-state index contributed by atoms with van der Waals surface area (Å²) in [6, 6.07) is 2.76. The van der Waals surface area contributed by atoms with Gasteiger partial charge in [-0.2, -0.15) is 0 Å². The predicted octanol–water partition coefficient (Wildman–Crippen LogP) is 0.819. The zero-order valence-corrected chi connectivity index (χ0v) is 17.2. The molecule has 9 nitrogen and oxygen atoms in total. The summed E-state index contributed by atoms with van der Waals surface area (Å²) in [5.74, 6) is -0.225. The summed E-state index contributed by atoms with van der Waals surface area (Å²) in [4.78, 5) is 29.4. The highest BCUT2D eigenvalue weighted by Crippen LogP contribution is 2.14. The maximum absolute atomic E-state index is 12.7. The molecule has 0 aliphatic heterocycles. The Morgan fingerprint density at radius 1 is 1.29 bits per heavy atom. The van der Waals surface area contributed by atoms with Crippen molar-refractivity contribution in [2.75, 3.05) is 20.3 Å². The van der Waals surface area contributed by atoms with Gasteiger partial charge in [-0.05, 0) is 40.5 Å². The van der Waals surface area contributed by atoms with Gasteiger partial charge in [-0.1, -0.05) is 0 Å². The molecule has 1 aromatic rings. The predicted molar refractivity (Wildman–Crippen MR) is 106 cm³/mol. The third kappa shape index (κ3) is 7.91. The normalized spacial score (nSPS) is 12.2. The monoisotopic (exact) mass is 393 g/mol. The number of Topliss-reactive ketones (excluding diaryl/α,β-unsaturated/α-hetero) is 1. The van der Waals surface area contributed by atoms with E-state index in [1.807, 2.05) is 13.8 Å². The number of aryl methyl sites for hydroxylation is 2. The van der Waals surface area contributed by atoms with Gasteiger partial charge in [0.1, 0.15) is 18.0 Å². The number of ether oxygens (including phenoxy) is 2. The molecule has 0 aromatic carbocycles. The minimum Gasteiger partial charge on any atom is -0.486 e. The van der Waals surface area contributed by atoms with Crippen LogP contribution in [0, 0.1) is 19.3 Å². The van der Waals surface area contributed by atoms with Gasteiger partial charge in [0.2, 0.25) is 0 Å². The first-order valence-corrected chi connectivity index (χ1v) is 9.10. The number of hydrogen-bond acceptors (Lipinski definition) is 6. The second-order valence-electron chi connectivity index (χ2n) is 7.06. The molecular formula is C19H31N5O4. The number of aromatic nitrogens is 1. The lowest BCUT2D eigenvalue weighted by Crippen LogP contribution is -2.51. The zero-order valence-electron chi connectivity index (χ0n) is 17.2. The van der Waals surface area contributed by atoms with Gasteiger partial charge in [-0.15, -0.1) is 0 Å². The van der Waals surface area contributed by atoms with Crippen molar-refractivity contribution in [3.8, 4) is 5.75 Å². The van der Waals surface area contributed by atoms with E-state index >= 15 is 0 Å². The Hall–Kier alpha value is -2.68. The topological polar surface area (TPSA) is 139 Å². The van der Waals surface area contributed by atoms with E-state index in [1.165, 1.54) is 7.11 Å². The first-order valence-electron chi connectivity index (χ1n) is 9.10. The summed E-state index contributed by atoms with van der Waals surface area (Å²) in [6.07, 6.45) is 0.916. The van der Waals surface area contributed by atoms with Crippen LogP contribution in [-0.2, 0) is 14.3 Å². The van der Waals surface area contributed by atoms with Crippen LogP contribution in [-0.4, -0.2) is 54.5 Å². The van der Waals surface area contributed by atoms with Gasteiger partial charge in [0, 0.05) is 37.2 Å². The molecule has 1 heterocycles. The van der Waals surface area contributed by atoms with Crippen molar-refractivity contribution in [3.05, 3.63) is 23.5 Å². The molecule has 0 aliphatic rings. The van der Waals surface area contributed by atoms with Crippen LogP contribution in [0.2, 0.25) is 0 Å². The summed E-state index contributed by atoms with van der Waals surface area (Å²) in [6.45, 7) is 7.19. The highest BCUT2D eigenvalue weighted by Gasteiger charge is 2.31. The molecular weight excluding hydrogens is 362 g/mol. The number of hydrogen-bond donors (Lipinski definition) is 4. The van der Waals surface area contributed by atoms with Gasteiger partial charge < -0.3 is 25.8 Å². The van der Waals surface area contributed by atoms with Gasteiger partial charge in [0.25, 0.3) is 5.91 Å². The molecule has 5 N–H and O–H groups in total. The molecule has 0 fully saturated rings. The third-order valence-corrected chi connectivity index (χ3v) is 4.17. The summed E-state index contributed by atoms with van der Waals surface area (Å²) in [5.41, 5.74) is 5.79. The molecule has 9 heteroatoms. The van der Waals surface area contributed by atoms with Crippen LogP contribution in [0.1, 0.15) is 38.1 Å². The molecule has 1 rings (SSSR count). The van der Waals surface area contributed by atoms with Crippen molar-refractivity contribution < 1.29 is 19.1 Å². The van der Waals surface area contributed by atoms with Crippen molar-refractivity contribution in [2.45, 2.75) is 52.2 Å². The second-order valence-corrected chi connectivity index (χ2v) is 7.06. The van der Waals surface area contributed by atoms with Crippen molar-refractivity contribution >= 4 is 17.6 Å². The molecule has 0 saturated carbocycles. The van der Waals surface area contributed by atoms with Crippen molar-refractivity contribution in [1.29, 1.82) is 5.41 Å². The third-order valence-electron chi connectivity index (χ3n) is 4.17. The number of nitrogens with zero attached hydrogens (tertiary/aromatic N) is 1. The molecule has 0 saturated heterocycles. The van der Waals surface area contributed by atoms with Crippen LogP contribution in [0.3, 0.4) is 0 Å². The van der Waals surface area contributed by atoms with E-state index in [9.17, 15) is 9.59 Å². The molecule has 1 atom stereocenters. The Bertz CT molecular complexity index is 685. The van der Waals surface area contributed by atoms with Crippen LogP contribution in [0.4, 0.5) is 0 Å². The standard InChI is InChI=1S/C19H31N5O4/c1-12-9-14(10-13(2)23-12)28-11-16(25)15(7-6-8-22-18(20)21)24-17(26)19(3,4)27-5/h9-10,15H,6-8,11H2,1-5H3,(H,24,26)(H4,20,21,22)/t15-/m0/s1. The fourth-order valence-corrected chi connectivity index (χ4v) is 2.40. The summed E-state index contributed by atoms with van der Waals surface area (Å²) < 4.78 is 10.8. The smallest absolute Gasteiger partial charge is 0.252 e. The molecule has 0 aliphatic carbocycles. The van der Waals surface area contributed by atoms with Crippen molar-refractivity contribution in [1.82, 2.24) is 15.6 Å². The summed E-state index contributed by atoms with van der Waals surface area (Å²) in [7, 11) is 1.43. The van der Waals surface area contributed by atoms with Crippen LogP contribution in [0.15, 0.2) is 12.1 Å². The zero-order chi connectivity index (χ0) is 21.3. The average molecular weight is 393 g/mol. The largest absolute Gasteiger partial charge is 0.486 e. The van der Waals surface area contributed by atoms with E-state index < -0.39 is 11.6 Å². The van der Waals surface area contributed by atoms with E-state index in [4.69, 9.17) is 20.6 Å². The Morgan fingerprint density at radius 3 is 2.43 bits per heavy atom. The van der Waals surface area contributed by atoms with Gasteiger partial charge in [0.15, 0.2) is 11.7 Å². The number of rotatable bonds is 11. The maximum Gasteiger partial charge on any atom is 0.252 e. The number of guanidine groups is 1. The fraction of sp³-hybridized carbons (Fsp3) is 0.579. The molecule has 1 amide bonds. The maximum atomic E-state index is 12.7. The minimum atomic E-state index is -1.06. The molecule has 156 valence electrons. The number of ketones is 1. The molecule has 0 spiro atoms. The van der Waals surface area contributed by atoms with Crippen LogP contribution >= 0.6 is 0 Å². The fourth-order valence-electron chi connectivity index (χ4n) is 2.40. The first-order chi connectivity index (χ1) is 13.0. The van der Waals surface area contributed by atoms with E-state index in [0.29, 0.717) is 25.1 Å². The lowest BCUT2D eigenvalue weighted by Gasteiger charge is -2.26. The molecule has 1 aromatic heterocycles. The molecule has 0 radical (unpaired) electrons. The summed E-state index contributed by atoms with van der Waals surface area (Å²) >= 11 is 0. The number of pyridine rings is 1. The lowest BCUT2D eigenvalue weighted by atomic mass is 10.0. The van der Waals surface area contributed by atoms with E-state index in [-0.39, 0.29) is 24.3 Å². The number of carbonyl (C=O) groups excluding carboxylic acids is 2. The minimum absolute atomic E-state index is 0.140. The van der Waals surface area contributed by atoms with E-state index in [2.05, 4.69) is 15.6 Å². The lowest BCUT2D eigenvalue weighted by molar-refractivity contribution is -0.142. The number of methoxy groups -OCH3 is 1. The van der Waals surface area contributed by atoms with Crippen molar-refractivity contribution in [2.24, 2.45) is 5.73 Å². The number of amides is 1. The summed E-state index contributed by atoms with van der Waals surface area (Å²) in [5, 5.41) is 12.6. The van der Waals surface area contributed by atoms with Crippen LogP contribution in [0.25, 0.3) is 0 Å². The van der Waals surface area contributed by atoms with E-state index in [1.54, 1.807) is 26.0 Å². The highest BCUT2D eigenvalue weighted by atomic mass is 16.5. The Morgan fingerprint density at radius 2 is 1.89 bits per heavy atom.